The lowest BCUT2D eigenvalue weighted by molar-refractivity contribution is -0.133. The van der Waals surface area contributed by atoms with E-state index in [0.717, 1.165) is 37.4 Å². The van der Waals surface area contributed by atoms with Gasteiger partial charge in [0, 0.05) is 26.1 Å². The zero-order valence-electron chi connectivity index (χ0n) is 15.0. The van der Waals surface area contributed by atoms with Gasteiger partial charge < -0.3 is 9.80 Å². The molecule has 0 unspecified atom stereocenters. The molecule has 0 N–H and O–H groups in total. The van der Waals surface area contributed by atoms with Crippen molar-refractivity contribution in [3.8, 4) is 0 Å². The second kappa shape index (κ2) is 7.67. The number of aryl methyl sites for hydroxylation is 1. The number of nitrogens with zero attached hydrogens (tertiary/aromatic N) is 4. The second-order valence-corrected chi connectivity index (χ2v) is 7.47. The Bertz CT molecular complexity index is 555. The number of rotatable bonds is 5. The fourth-order valence-corrected chi connectivity index (χ4v) is 3.62. The van der Waals surface area contributed by atoms with Crippen LogP contribution in [0.5, 0.6) is 0 Å². The normalized spacial score (nSPS) is 20.1. The molecule has 1 amide bonds. The van der Waals surface area contributed by atoms with E-state index in [9.17, 15) is 4.79 Å². The maximum atomic E-state index is 12.7. The van der Waals surface area contributed by atoms with Gasteiger partial charge in [-0.3, -0.25) is 9.48 Å². The summed E-state index contributed by atoms with van der Waals surface area (Å²) in [5.74, 6) is 0.811. The van der Waals surface area contributed by atoms with Crippen LogP contribution < -0.4 is 0 Å². The lowest BCUT2D eigenvalue weighted by Crippen LogP contribution is -2.43. The summed E-state index contributed by atoms with van der Waals surface area (Å²) < 4.78 is 1.89. The van der Waals surface area contributed by atoms with E-state index in [1.165, 1.54) is 6.42 Å². The number of piperidine rings is 1. The quantitative estimate of drug-likeness (QED) is 0.827. The predicted octanol–water partition coefficient (Wildman–Crippen LogP) is 2.90. The number of hydrogen-bond donors (Lipinski definition) is 0. The number of likely N-dealkylation sites (tertiary alicyclic amines) is 1. The van der Waals surface area contributed by atoms with E-state index in [1.807, 2.05) is 30.4 Å². The third-order valence-corrected chi connectivity index (χ3v) is 5.17. The fraction of sp³-hybridized carbons (Fsp3) is 0.765. The van der Waals surface area contributed by atoms with Crippen LogP contribution in [0.3, 0.4) is 0 Å². The summed E-state index contributed by atoms with van der Waals surface area (Å²) >= 11 is 6.21. The van der Waals surface area contributed by atoms with Crippen LogP contribution in [0, 0.1) is 19.8 Å². The van der Waals surface area contributed by atoms with Gasteiger partial charge in [0.05, 0.1) is 22.5 Å². The molecule has 1 aromatic rings. The molecule has 1 aliphatic heterocycles. The van der Waals surface area contributed by atoms with Crippen molar-refractivity contribution >= 4 is 17.5 Å². The average molecular weight is 341 g/mol. The van der Waals surface area contributed by atoms with Gasteiger partial charge in [-0.05, 0) is 53.6 Å². The summed E-state index contributed by atoms with van der Waals surface area (Å²) in [6, 6.07) is 0.0305. The van der Waals surface area contributed by atoms with E-state index in [0.29, 0.717) is 17.4 Å². The molecule has 0 spiro atoms. The van der Waals surface area contributed by atoms with E-state index in [-0.39, 0.29) is 11.9 Å². The lowest BCUT2D eigenvalue weighted by atomic mass is 9.97. The van der Waals surface area contributed by atoms with E-state index >= 15 is 0 Å². The minimum Gasteiger partial charge on any atom is -0.342 e. The van der Waals surface area contributed by atoms with Gasteiger partial charge in [0.25, 0.3) is 0 Å². The molecule has 6 heteroatoms. The van der Waals surface area contributed by atoms with Gasteiger partial charge >= 0.3 is 0 Å². The molecule has 2 heterocycles. The Morgan fingerprint density at radius 3 is 2.70 bits per heavy atom. The van der Waals surface area contributed by atoms with Crippen molar-refractivity contribution < 1.29 is 4.79 Å². The lowest BCUT2D eigenvalue weighted by Gasteiger charge is -2.34. The topological polar surface area (TPSA) is 41.4 Å². The molecule has 5 nitrogen and oxygen atoms in total. The largest absolute Gasteiger partial charge is 0.342 e. The number of carbonyl (C=O) groups is 1. The highest BCUT2D eigenvalue weighted by Crippen LogP contribution is 2.25. The Kier molecular flexibility index (Phi) is 6.09. The van der Waals surface area contributed by atoms with E-state index in [4.69, 9.17) is 11.6 Å². The van der Waals surface area contributed by atoms with Crippen molar-refractivity contribution in [2.24, 2.45) is 5.92 Å². The Hall–Kier alpha value is -1.07. The van der Waals surface area contributed by atoms with Crippen molar-refractivity contribution in [2.75, 3.05) is 33.7 Å². The molecule has 1 aromatic heterocycles. The van der Waals surface area contributed by atoms with Crippen LogP contribution in [0.15, 0.2) is 0 Å². The smallest absolute Gasteiger partial charge is 0.224 e. The molecule has 0 aliphatic carbocycles. The third kappa shape index (κ3) is 4.48. The minimum absolute atomic E-state index is 0.0305. The number of amides is 1. The van der Waals surface area contributed by atoms with Gasteiger partial charge in [0.1, 0.15) is 0 Å². The van der Waals surface area contributed by atoms with Gasteiger partial charge in [-0.2, -0.15) is 5.10 Å². The van der Waals surface area contributed by atoms with Crippen molar-refractivity contribution in [3.05, 3.63) is 16.4 Å². The Balaban J connectivity index is 1.96. The Morgan fingerprint density at radius 1 is 1.43 bits per heavy atom. The zero-order valence-corrected chi connectivity index (χ0v) is 15.7. The molecule has 0 bridgehead atoms. The molecule has 1 fully saturated rings. The molecule has 1 aliphatic rings. The van der Waals surface area contributed by atoms with Crippen LogP contribution in [0.1, 0.15) is 43.6 Å². The Morgan fingerprint density at radius 2 is 2.13 bits per heavy atom. The Labute approximate surface area is 144 Å². The van der Waals surface area contributed by atoms with Crippen molar-refractivity contribution in [1.29, 1.82) is 0 Å². The van der Waals surface area contributed by atoms with Crippen LogP contribution in [0.4, 0.5) is 0 Å². The molecule has 0 saturated carbocycles. The monoisotopic (exact) mass is 340 g/mol. The van der Waals surface area contributed by atoms with Gasteiger partial charge in [-0.25, -0.2) is 0 Å². The number of hydrogen-bond acceptors (Lipinski definition) is 3. The minimum atomic E-state index is 0.0305. The first kappa shape index (κ1) is 18.3. The van der Waals surface area contributed by atoms with E-state index in [1.54, 1.807) is 0 Å². The van der Waals surface area contributed by atoms with E-state index in [2.05, 4.69) is 24.1 Å². The van der Waals surface area contributed by atoms with Gasteiger partial charge in [-0.1, -0.05) is 11.6 Å². The van der Waals surface area contributed by atoms with Gasteiger partial charge in [0.15, 0.2) is 0 Å². The van der Waals surface area contributed by atoms with Crippen molar-refractivity contribution in [3.63, 3.8) is 0 Å². The molecule has 0 radical (unpaired) electrons. The van der Waals surface area contributed by atoms with Gasteiger partial charge in [0.2, 0.25) is 5.91 Å². The summed E-state index contributed by atoms with van der Waals surface area (Å²) in [7, 11) is 4.19. The summed E-state index contributed by atoms with van der Waals surface area (Å²) in [6.07, 6.45) is 2.79. The van der Waals surface area contributed by atoms with Crippen LogP contribution in [-0.4, -0.2) is 59.2 Å². The van der Waals surface area contributed by atoms with Crippen LogP contribution in [0.2, 0.25) is 5.02 Å². The SMILES string of the molecule is Cc1nn([C@H](C)CC(=O)N2CCC[C@@H](CN(C)C)C2)c(C)c1Cl. The molecule has 0 aromatic carbocycles. The number of halogens is 1. The summed E-state index contributed by atoms with van der Waals surface area (Å²) in [5, 5.41) is 5.17. The summed E-state index contributed by atoms with van der Waals surface area (Å²) in [6.45, 7) is 8.70. The maximum absolute atomic E-state index is 12.7. The first-order valence-corrected chi connectivity index (χ1v) is 8.81. The maximum Gasteiger partial charge on any atom is 0.224 e. The third-order valence-electron chi connectivity index (χ3n) is 4.62. The van der Waals surface area contributed by atoms with Crippen molar-refractivity contribution in [2.45, 2.75) is 46.1 Å². The fourth-order valence-electron chi connectivity index (χ4n) is 3.50. The second-order valence-electron chi connectivity index (χ2n) is 7.09. The summed E-state index contributed by atoms with van der Waals surface area (Å²) in [4.78, 5) is 16.9. The molecular formula is C17H29ClN4O. The van der Waals surface area contributed by atoms with Crippen LogP contribution in [-0.2, 0) is 4.79 Å². The zero-order chi connectivity index (χ0) is 17.1. The van der Waals surface area contributed by atoms with Crippen molar-refractivity contribution in [1.82, 2.24) is 19.6 Å². The molecule has 23 heavy (non-hydrogen) atoms. The molecule has 2 rings (SSSR count). The highest BCUT2D eigenvalue weighted by Gasteiger charge is 2.26. The standard InChI is InChI=1S/C17H29ClN4O/c1-12(22-14(3)17(18)13(2)19-22)9-16(23)21-8-6-7-15(11-21)10-20(4)5/h12,15H,6-11H2,1-5H3/t12-,15+/m1/s1. The predicted molar refractivity (Wildman–Crippen MR) is 93.9 cm³/mol. The number of aromatic nitrogens is 2. The molecule has 2 atom stereocenters. The highest BCUT2D eigenvalue weighted by atomic mass is 35.5. The molecule has 1 saturated heterocycles. The molecular weight excluding hydrogens is 312 g/mol. The summed E-state index contributed by atoms with van der Waals surface area (Å²) in [5.41, 5.74) is 1.76. The average Bonchev–Trinajstić information content (AvgIpc) is 2.74. The highest BCUT2D eigenvalue weighted by molar-refractivity contribution is 6.31. The first-order valence-electron chi connectivity index (χ1n) is 8.43. The van der Waals surface area contributed by atoms with E-state index < -0.39 is 0 Å². The van der Waals surface area contributed by atoms with Crippen LogP contribution in [0.25, 0.3) is 0 Å². The van der Waals surface area contributed by atoms with Crippen LogP contribution >= 0.6 is 11.6 Å². The molecule has 130 valence electrons. The van der Waals surface area contributed by atoms with Gasteiger partial charge in [-0.15, -0.1) is 0 Å². The number of carbonyl (C=O) groups excluding carboxylic acids is 1. The first-order chi connectivity index (χ1) is 10.8.